The van der Waals surface area contributed by atoms with E-state index in [0.717, 1.165) is 4.88 Å². The number of carbonyl (C=O) groups is 1. The zero-order chi connectivity index (χ0) is 15.9. The molecule has 1 aromatic heterocycles. The van der Waals surface area contributed by atoms with Gasteiger partial charge < -0.3 is 20.1 Å². The molecule has 2 rings (SSSR count). The standard InChI is InChI=1S/C15H17ClN2O3S/c1-20-11-6-4-3-5-10(11)18-15(19)17-9-12(21-2)13-7-8-14(16)22-13/h3-8,12H,9H2,1-2H3,(H2,17,18,19). The van der Waals surface area contributed by atoms with E-state index in [1.54, 1.807) is 26.4 Å². The molecule has 0 aliphatic carbocycles. The van der Waals surface area contributed by atoms with Gasteiger partial charge in [-0.3, -0.25) is 0 Å². The summed E-state index contributed by atoms with van der Waals surface area (Å²) in [6, 6.07) is 10.6. The number of ether oxygens (including phenoxy) is 2. The van der Waals surface area contributed by atoms with E-state index in [1.807, 2.05) is 24.3 Å². The highest BCUT2D eigenvalue weighted by Gasteiger charge is 2.15. The fourth-order valence-corrected chi connectivity index (χ4v) is 3.04. The average molecular weight is 341 g/mol. The van der Waals surface area contributed by atoms with Crippen molar-refractivity contribution in [2.45, 2.75) is 6.10 Å². The number of urea groups is 1. The van der Waals surface area contributed by atoms with Crippen molar-refractivity contribution in [2.24, 2.45) is 0 Å². The molecule has 0 spiro atoms. The first kappa shape index (κ1) is 16.6. The molecular formula is C15H17ClN2O3S. The van der Waals surface area contributed by atoms with Crippen LogP contribution in [-0.2, 0) is 4.74 Å². The quantitative estimate of drug-likeness (QED) is 0.838. The van der Waals surface area contributed by atoms with Crippen molar-refractivity contribution in [1.82, 2.24) is 5.32 Å². The maximum absolute atomic E-state index is 12.0. The zero-order valence-corrected chi connectivity index (χ0v) is 13.8. The molecule has 0 saturated heterocycles. The van der Waals surface area contributed by atoms with E-state index in [9.17, 15) is 4.79 Å². The van der Waals surface area contributed by atoms with Gasteiger partial charge in [0.25, 0.3) is 0 Å². The van der Waals surface area contributed by atoms with Crippen LogP contribution in [0, 0.1) is 0 Å². The molecule has 1 unspecified atom stereocenters. The summed E-state index contributed by atoms with van der Waals surface area (Å²) in [5.74, 6) is 0.603. The van der Waals surface area contributed by atoms with Crippen LogP contribution in [-0.4, -0.2) is 26.8 Å². The number of rotatable bonds is 6. The van der Waals surface area contributed by atoms with E-state index in [4.69, 9.17) is 21.1 Å². The molecule has 118 valence electrons. The second-order valence-corrected chi connectivity index (χ2v) is 6.15. The van der Waals surface area contributed by atoms with Gasteiger partial charge in [-0.05, 0) is 24.3 Å². The second-order valence-electron chi connectivity index (χ2n) is 4.40. The van der Waals surface area contributed by atoms with Gasteiger partial charge >= 0.3 is 6.03 Å². The van der Waals surface area contributed by atoms with E-state index < -0.39 is 0 Å². The van der Waals surface area contributed by atoms with Crippen molar-refractivity contribution >= 4 is 34.7 Å². The summed E-state index contributed by atoms with van der Waals surface area (Å²) >= 11 is 7.35. The number of hydrogen-bond donors (Lipinski definition) is 2. The molecule has 0 radical (unpaired) electrons. The van der Waals surface area contributed by atoms with Crippen LogP contribution in [0.5, 0.6) is 5.75 Å². The van der Waals surface area contributed by atoms with Crippen LogP contribution in [0.25, 0.3) is 0 Å². The molecule has 7 heteroatoms. The molecule has 2 N–H and O–H groups in total. The van der Waals surface area contributed by atoms with Gasteiger partial charge in [-0.1, -0.05) is 23.7 Å². The van der Waals surface area contributed by atoms with Gasteiger partial charge in [0, 0.05) is 12.0 Å². The molecule has 0 bridgehead atoms. The molecule has 0 saturated carbocycles. The Balaban J connectivity index is 1.91. The Hall–Kier alpha value is -1.76. The van der Waals surface area contributed by atoms with Crippen LogP contribution < -0.4 is 15.4 Å². The van der Waals surface area contributed by atoms with Crippen molar-refractivity contribution in [3.05, 3.63) is 45.6 Å². The third-order valence-corrected chi connectivity index (χ3v) is 4.32. The van der Waals surface area contributed by atoms with Crippen molar-refractivity contribution in [1.29, 1.82) is 0 Å². The lowest BCUT2D eigenvalue weighted by molar-refractivity contribution is 0.107. The summed E-state index contributed by atoms with van der Waals surface area (Å²) in [6.45, 7) is 0.342. The Kier molecular flexibility index (Phi) is 6.06. The van der Waals surface area contributed by atoms with Gasteiger partial charge in [0.2, 0.25) is 0 Å². The maximum Gasteiger partial charge on any atom is 0.319 e. The topological polar surface area (TPSA) is 59.6 Å². The van der Waals surface area contributed by atoms with Crippen LogP contribution in [0.1, 0.15) is 11.0 Å². The summed E-state index contributed by atoms with van der Waals surface area (Å²) in [5, 5.41) is 5.52. The van der Waals surface area contributed by atoms with E-state index in [-0.39, 0.29) is 12.1 Å². The molecule has 2 amide bonds. The summed E-state index contributed by atoms with van der Waals surface area (Å²) in [4.78, 5) is 12.9. The first-order chi connectivity index (χ1) is 10.6. The number of benzene rings is 1. The zero-order valence-electron chi connectivity index (χ0n) is 12.3. The van der Waals surface area contributed by atoms with Crippen molar-refractivity contribution in [2.75, 3.05) is 26.1 Å². The van der Waals surface area contributed by atoms with Gasteiger partial charge in [0.1, 0.15) is 11.9 Å². The highest BCUT2D eigenvalue weighted by molar-refractivity contribution is 7.16. The number of halogens is 1. The predicted molar refractivity (Wildman–Crippen MR) is 89.1 cm³/mol. The minimum absolute atomic E-state index is 0.235. The minimum atomic E-state index is -0.325. The maximum atomic E-state index is 12.0. The third kappa shape index (κ3) is 4.37. The minimum Gasteiger partial charge on any atom is -0.495 e. The van der Waals surface area contributed by atoms with Crippen LogP contribution in [0.15, 0.2) is 36.4 Å². The summed E-state index contributed by atoms with van der Waals surface area (Å²) < 4.78 is 11.3. The Labute approximate surface area is 138 Å². The molecule has 1 heterocycles. The summed E-state index contributed by atoms with van der Waals surface area (Å²) in [7, 11) is 3.15. The number of hydrogen-bond acceptors (Lipinski definition) is 4. The number of para-hydroxylation sites is 2. The lowest BCUT2D eigenvalue weighted by Gasteiger charge is -2.15. The van der Waals surface area contributed by atoms with Gasteiger partial charge in [0.05, 0.1) is 23.7 Å². The molecule has 1 atom stereocenters. The Morgan fingerprint density at radius 3 is 2.68 bits per heavy atom. The average Bonchev–Trinajstić information content (AvgIpc) is 2.95. The Bertz CT molecular complexity index is 633. The van der Waals surface area contributed by atoms with Crippen molar-refractivity contribution in [3.8, 4) is 5.75 Å². The first-order valence-corrected chi connectivity index (χ1v) is 7.79. The molecule has 0 aliphatic rings. The fraction of sp³-hybridized carbons (Fsp3) is 0.267. The summed E-state index contributed by atoms with van der Waals surface area (Å²) in [6.07, 6.45) is -0.235. The molecular weight excluding hydrogens is 324 g/mol. The first-order valence-electron chi connectivity index (χ1n) is 6.60. The number of carbonyl (C=O) groups excluding carboxylic acids is 1. The smallest absolute Gasteiger partial charge is 0.319 e. The van der Waals surface area contributed by atoms with Gasteiger partial charge in [0.15, 0.2) is 0 Å². The lowest BCUT2D eigenvalue weighted by atomic mass is 10.3. The number of amides is 2. The number of methoxy groups -OCH3 is 2. The Morgan fingerprint density at radius 1 is 1.27 bits per heavy atom. The van der Waals surface area contributed by atoms with Crippen LogP contribution in [0.4, 0.5) is 10.5 Å². The van der Waals surface area contributed by atoms with Crippen molar-refractivity contribution < 1.29 is 14.3 Å². The molecule has 22 heavy (non-hydrogen) atoms. The third-order valence-electron chi connectivity index (χ3n) is 3.00. The van der Waals surface area contributed by atoms with Crippen molar-refractivity contribution in [3.63, 3.8) is 0 Å². The van der Waals surface area contributed by atoms with Gasteiger partial charge in [-0.2, -0.15) is 0 Å². The molecule has 5 nitrogen and oxygen atoms in total. The van der Waals surface area contributed by atoms with E-state index in [0.29, 0.717) is 22.3 Å². The molecule has 1 aromatic carbocycles. The van der Waals surface area contributed by atoms with Crippen LogP contribution in [0.2, 0.25) is 4.34 Å². The number of thiophene rings is 1. The molecule has 2 aromatic rings. The highest BCUT2D eigenvalue weighted by Crippen LogP contribution is 2.28. The molecule has 0 aliphatic heterocycles. The van der Waals surface area contributed by atoms with Gasteiger partial charge in [-0.15, -0.1) is 11.3 Å². The number of anilines is 1. The molecule has 0 fully saturated rings. The predicted octanol–water partition coefficient (Wildman–Crippen LogP) is 3.92. The normalized spacial score (nSPS) is 11.8. The fourth-order valence-electron chi connectivity index (χ4n) is 1.90. The SMILES string of the molecule is COc1ccccc1NC(=O)NCC(OC)c1ccc(Cl)s1. The van der Waals surface area contributed by atoms with Crippen LogP contribution >= 0.6 is 22.9 Å². The second kappa shape index (κ2) is 8.03. The Morgan fingerprint density at radius 2 is 2.05 bits per heavy atom. The largest absolute Gasteiger partial charge is 0.495 e. The van der Waals surface area contributed by atoms with E-state index in [1.165, 1.54) is 11.3 Å². The van der Waals surface area contributed by atoms with E-state index >= 15 is 0 Å². The lowest BCUT2D eigenvalue weighted by Crippen LogP contribution is -2.32. The van der Waals surface area contributed by atoms with Gasteiger partial charge in [-0.25, -0.2) is 4.79 Å². The highest BCUT2D eigenvalue weighted by atomic mass is 35.5. The number of nitrogens with one attached hydrogen (secondary N) is 2. The monoisotopic (exact) mass is 340 g/mol. The van der Waals surface area contributed by atoms with Crippen LogP contribution in [0.3, 0.4) is 0 Å². The summed E-state index contributed by atoms with van der Waals surface area (Å²) in [5.41, 5.74) is 0.607. The van der Waals surface area contributed by atoms with E-state index in [2.05, 4.69) is 10.6 Å².